The Morgan fingerprint density at radius 2 is 1.90 bits per heavy atom. The summed E-state index contributed by atoms with van der Waals surface area (Å²) in [5.74, 6) is 0.279. The van der Waals surface area contributed by atoms with Crippen molar-refractivity contribution in [2.45, 2.75) is 6.54 Å². The molecule has 1 aliphatic rings. The van der Waals surface area contributed by atoms with Gasteiger partial charge in [0.05, 0.1) is 24.2 Å². The van der Waals surface area contributed by atoms with Gasteiger partial charge >= 0.3 is 0 Å². The number of ether oxygens (including phenoxy) is 1. The van der Waals surface area contributed by atoms with E-state index in [9.17, 15) is 9.90 Å². The molecule has 150 valence electrons. The van der Waals surface area contributed by atoms with Gasteiger partial charge in [-0.15, -0.1) is 0 Å². The quantitative estimate of drug-likeness (QED) is 0.614. The van der Waals surface area contributed by atoms with Crippen LogP contribution in [-0.2, 0) is 11.3 Å². The van der Waals surface area contributed by atoms with Gasteiger partial charge in [-0.1, -0.05) is 24.3 Å². The van der Waals surface area contributed by atoms with Crippen molar-refractivity contribution in [1.82, 2.24) is 9.88 Å². The number of rotatable bonds is 5. The number of para-hydroxylation sites is 1. The van der Waals surface area contributed by atoms with Crippen molar-refractivity contribution in [1.29, 1.82) is 0 Å². The van der Waals surface area contributed by atoms with E-state index in [4.69, 9.17) is 4.74 Å². The van der Waals surface area contributed by atoms with Gasteiger partial charge in [-0.05, 0) is 65.4 Å². The highest BCUT2D eigenvalue weighted by molar-refractivity contribution is 8.18. The Morgan fingerprint density at radius 1 is 1.13 bits per heavy atom. The lowest BCUT2D eigenvalue weighted by atomic mass is 10.2. The second-order valence-corrected chi connectivity index (χ2v) is 7.53. The van der Waals surface area contributed by atoms with Crippen molar-refractivity contribution in [2.75, 3.05) is 7.11 Å². The Hall–Kier alpha value is -3.58. The van der Waals surface area contributed by atoms with Crippen LogP contribution in [0.4, 0.5) is 5.69 Å². The number of carbonyl (C=O) groups is 1. The fourth-order valence-corrected chi connectivity index (χ4v) is 3.95. The van der Waals surface area contributed by atoms with Gasteiger partial charge in [0.1, 0.15) is 0 Å². The Balaban J connectivity index is 1.70. The highest BCUT2D eigenvalue weighted by Gasteiger charge is 2.33. The molecule has 7 heteroatoms. The highest BCUT2D eigenvalue weighted by atomic mass is 32.2. The molecule has 0 aliphatic carbocycles. The summed E-state index contributed by atoms with van der Waals surface area (Å²) in [4.78, 5) is 24.1. The summed E-state index contributed by atoms with van der Waals surface area (Å²) in [5.41, 5.74) is 2.50. The molecule has 30 heavy (non-hydrogen) atoms. The van der Waals surface area contributed by atoms with Crippen LogP contribution in [0.3, 0.4) is 0 Å². The highest BCUT2D eigenvalue weighted by Crippen LogP contribution is 2.36. The molecule has 0 atom stereocenters. The second-order valence-electron chi connectivity index (χ2n) is 6.52. The molecule has 1 fully saturated rings. The summed E-state index contributed by atoms with van der Waals surface area (Å²) in [5, 5.41) is 10.4. The minimum atomic E-state index is -0.126. The first kappa shape index (κ1) is 19.7. The van der Waals surface area contributed by atoms with Crippen molar-refractivity contribution < 1.29 is 14.6 Å². The van der Waals surface area contributed by atoms with E-state index >= 15 is 0 Å². The van der Waals surface area contributed by atoms with E-state index in [-0.39, 0.29) is 11.7 Å². The van der Waals surface area contributed by atoms with Gasteiger partial charge in [0.2, 0.25) is 0 Å². The third-order valence-corrected chi connectivity index (χ3v) is 5.47. The van der Waals surface area contributed by atoms with E-state index < -0.39 is 0 Å². The fraction of sp³-hybridized carbons (Fsp3) is 0.0870. The third kappa shape index (κ3) is 4.36. The predicted octanol–water partition coefficient (Wildman–Crippen LogP) is 4.60. The van der Waals surface area contributed by atoms with Crippen LogP contribution in [0.2, 0.25) is 0 Å². The largest absolute Gasteiger partial charge is 0.504 e. The number of hydrogen-bond donors (Lipinski definition) is 1. The van der Waals surface area contributed by atoms with Gasteiger partial charge in [-0.2, -0.15) is 0 Å². The predicted molar refractivity (Wildman–Crippen MR) is 119 cm³/mol. The van der Waals surface area contributed by atoms with Crippen LogP contribution in [-0.4, -0.2) is 33.2 Å². The fourth-order valence-electron chi connectivity index (χ4n) is 2.95. The van der Waals surface area contributed by atoms with Crippen molar-refractivity contribution in [3.63, 3.8) is 0 Å². The number of carbonyl (C=O) groups excluding carboxylic acids is 1. The molecule has 1 aromatic heterocycles. The standard InChI is InChI=1S/C23H19N3O3S/c1-29-20-13-17(7-8-19(20)27)14-21-22(28)26(15-16-9-11-24-12-10-16)23(30-21)25-18-5-3-2-4-6-18/h2-14,27H,15H2,1H3/b21-14+,25-23?. The Kier molecular flexibility index (Phi) is 5.81. The summed E-state index contributed by atoms with van der Waals surface area (Å²) >= 11 is 1.32. The molecule has 3 aromatic rings. The van der Waals surface area contributed by atoms with E-state index in [0.29, 0.717) is 22.4 Å². The number of amides is 1. The molecule has 1 aliphatic heterocycles. The molecule has 0 spiro atoms. The molecule has 0 unspecified atom stereocenters. The van der Waals surface area contributed by atoms with E-state index in [1.807, 2.05) is 42.5 Å². The Morgan fingerprint density at radius 3 is 2.63 bits per heavy atom. The summed E-state index contributed by atoms with van der Waals surface area (Å²) in [7, 11) is 1.49. The SMILES string of the molecule is COc1cc(/C=C2/SC(=Nc3ccccc3)N(Cc3ccncc3)C2=O)ccc1O. The van der Waals surface area contributed by atoms with Crippen LogP contribution >= 0.6 is 11.8 Å². The van der Waals surface area contributed by atoms with Crippen molar-refractivity contribution in [3.8, 4) is 11.5 Å². The maximum Gasteiger partial charge on any atom is 0.267 e. The molecule has 0 radical (unpaired) electrons. The molecular weight excluding hydrogens is 398 g/mol. The van der Waals surface area contributed by atoms with Crippen LogP contribution < -0.4 is 4.74 Å². The molecular formula is C23H19N3O3S. The molecule has 0 saturated carbocycles. The zero-order valence-corrected chi connectivity index (χ0v) is 17.0. The van der Waals surface area contributed by atoms with Crippen LogP contribution in [0.5, 0.6) is 11.5 Å². The monoisotopic (exact) mass is 417 g/mol. The number of benzene rings is 2. The summed E-state index contributed by atoms with van der Waals surface area (Å²) in [6.45, 7) is 0.399. The second kappa shape index (κ2) is 8.84. The molecule has 6 nitrogen and oxygen atoms in total. The first-order valence-corrected chi connectivity index (χ1v) is 10.1. The van der Waals surface area contributed by atoms with Crippen molar-refractivity contribution in [2.24, 2.45) is 4.99 Å². The topological polar surface area (TPSA) is 75.0 Å². The number of pyridine rings is 1. The van der Waals surface area contributed by atoms with Crippen molar-refractivity contribution in [3.05, 3.63) is 89.1 Å². The number of aromatic hydroxyl groups is 1. The molecule has 1 N–H and O–H groups in total. The first-order chi connectivity index (χ1) is 14.6. The number of phenols is 1. The minimum absolute atomic E-state index is 0.0516. The summed E-state index contributed by atoms with van der Waals surface area (Å²) < 4.78 is 5.17. The van der Waals surface area contributed by atoms with E-state index in [1.165, 1.54) is 18.9 Å². The number of hydrogen-bond acceptors (Lipinski definition) is 6. The van der Waals surface area contributed by atoms with Crippen molar-refractivity contribution >= 4 is 34.6 Å². The maximum absolute atomic E-state index is 13.2. The van der Waals surface area contributed by atoms with Gasteiger partial charge in [0.15, 0.2) is 16.7 Å². The number of aromatic nitrogens is 1. The normalized spacial score (nSPS) is 16.4. The molecule has 1 saturated heterocycles. The number of methoxy groups -OCH3 is 1. The molecule has 0 bridgehead atoms. The van der Waals surface area contributed by atoms with Gasteiger partial charge in [0, 0.05) is 12.4 Å². The Bertz CT molecular complexity index is 1120. The number of thioether (sulfide) groups is 1. The average molecular weight is 417 g/mol. The molecule has 4 rings (SSSR count). The number of nitrogens with zero attached hydrogens (tertiary/aromatic N) is 3. The van der Waals surface area contributed by atoms with E-state index in [1.54, 1.807) is 41.6 Å². The van der Waals surface area contributed by atoms with Gasteiger partial charge < -0.3 is 9.84 Å². The maximum atomic E-state index is 13.2. The molecule has 2 aromatic carbocycles. The smallest absolute Gasteiger partial charge is 0.267 e. The summed E-state index contributed by atoms with van der Waals surface area (Å²) in [6, 6.07) is 18.3. The van der Waals surface area contributed by atoms with E-state index in [2.05, 4.69) is 9.98 Å². The number of amidine groups is 1. The number of phenolic OH excluding ortho intramolecular Hbond substituents is 1. The van der Waals surface area contributed by atoms with Crippen LogP contribution in [0.1, 0.15) is 11.1 Å². The lowest BCUT2D eigenvalue weighted by molar-refractivity contribution is -0.122. The zero-order valence-electron chi connectivity index (χ0n) is 16.2. The van der Waals surface area contributed by atoms with Crippen LogP contribution in [0.25, 0.3) is 6.08 Å². The number of aliphatic imine (C=N–C) groups is 1. The summed E-state index contributed by atoms with van der Waals surface area (Å²) in [6.07, 6.45) is 5.19. The molecule has 2 heterocycles. The third-order valence-electron chi connectivity index (χ3n) is 4.46. The lowest BCUT2D eigenvalue weighted by Gasteiger charge is -2.15. The lowest BCUT2D eigenvalue weighted by Crippen LogP contribution is -2.28. The van der Waals surface area contributed by atoms with Crippen LogP contribution in [0, 0.1) is 0 Å². The van der Waals surface area contributed by atoms with E-state index in [0.717, 1.165) is 16.8 Å². The first-order valence-electron chi connectivity index (χ1n) is 9.25. The Labute approximate surface area is 178 Å². The van der Waals surface area contributed by atoms with Gasteiger partial charge in [-0.25, -0.2) is 4.99 Å². The zero-order chi connectivity index (χ0) is 20.9. The van der Waals surface area contributed by atoms with Gasteiger partial charge in [0.25, 0.3) is 5.91 Å². The average Bonchev–Trinajstić information content (AvgIpc) is 3.05. The minimum Gasteiger partial charge on any atom is -0.504 e. The van der Waals surface area contributed by atoms with Crippen LogP contribution in [0.15, 0.2) is 83.0 Å². The molecule has 1 amide bonds. The van der Waals surface area contributed by atoms with Gasteiger partial charge in [-0.3, -0.25) is 14.7 Å².